The van der Waals surface area contributed by atoms with Gasteiger partial charge in [-0.1, -0.05) is 18.2 Å². The lowest BCUT2D eigenvalue weighted by Gasteiger charge is -2.12. The van der Waals surface area contributed by atoms with Crippen LogP contribution in [0.15, 0.2) is 54.0 Å². The van der Waals surface area contributed by atoms with E-state index in [-0.39, 0.29) is 11.8 Å². The van der Waals surface area contributed by atoms with E-state index in [4.69, 9.17) is 0 Å². The van der Waals surface area contributed by atoms with Gasteiger partial charge in [0, 0.05) is 22.8 Å². The van der Waals surface area contributed by atoms with Crippen molar-refractivity contribution in [1.82, 2.24) is 25.0 Å². The van der Waals surface area contributed by atoms with E-state index < -0.39 is 0 Å². The standard InChI is InChI=1S/C24H26N6O2S/c1-16-10-20(21-13-26-30(23(21)27-16)14-19-8-5-9-33-19)24(32)25-12-17-6-4-7-18(11-17)28-22(31)15-29(2)3/h4-11,13H,12,14-15H2,1-3H3,(H,25,32)(H,28,31). The number of aromatic nitrogens is 3. The van der Waals surface area contributed by atoms with Gasteiger partial charge in [-0.15, -0.1) is 11.3 Å². The minimum Gasteiger partial charge on any atom is -0.348 e. The van der Waals surface area contributed by atoms with E-state index in [0.717, 1.165) is 16.6 Å². The molecule has 0 aliphatic rings. The highest BCUT2D eigenvalue weighted by Gasteiger charge is 2.16. The van der Waals surface area contributed by atoms with Gasteiger partial charge in [-0.05, 0) is 56.2 Å². The molecule has 9 heteroatoms. The second kappa shape index (κ2) is 9.93. The summed E-state index contributed by atoms with van der Waals surface area (Å²) in [4.78, 5) is 32.6. The molecule has 0 fully saturated rings. The fraction of sp³-hybridized carbons (Fsp3) is 0.250. The maximum Gasteiger partial charge on any atom is 0.252 e. The summed E-state index contributed by atoms with van der Waals surface area (Å²) in [6.45, 7) is 3.13. The smallest absolute Gasteiger partial charge is 0.252 e. The van der Waals surface area contributed by atoms with Gasteiger partial charge in [-0.3, -0.25) is 9.59 Å². The van der Waals surface area contributed by atoms with E-state index in [1.807, 2.05) is 61.4 Å². The molecule has 3 heterocycles. The van der Waals surface area contributed by atoms with E-state index in [9.17, 15) is 9.59 Å². The summed E-state index contributed by atoms with van der Waals surface area (Å²) in [5, 5.41) is 13.1. The van der Waals surface area contributed by atoms with E-state index in [1.165, 1.54) is 4.88 Å². The molecule has 4 rings (SSSR count). The van der Waals surface area contributed by atoms with Crippen LogP contribution in [0.1, 0.15) is 26.5 Å². The van der Waals surface area contributed by atoms with Gasteiger partial charge in [0.05, 0.1) is 30.2 Å². The molecule has 0 saturated carbocycles. The zero-order valence-electron chi connectivity index (χ0n) is 18.8. The maximum absolute atomic E-state index is 13.0. The number of hydrogen-bond acceptors (Lipinski definition) is 6. The molecule has 4 aromatic rings. The molecule has 170 valence electrons. The van der Waals surface area contributed by atoms with Crippen LogP contribution in [0.4, 0.5) is 5.69 Å². The van der Waals surface area contributed by atoms with Crippen molar-refractivity contribution in [2.45, 2.75) is 20.0 Å². The number of pyridine rings is 1. The molecule has 1 aromatic carbocycles. The van der Waals surface area contributed by atoms with E-state index >= 15 is 0 Å². The number of likely N-dealkylation sites (N-methyl/N-ethyl adjacent to an activating group) is 1. The van der Waals surface area contributed by atoms with Crippen LogP contribution < -0.4 is 10.6 Å². The Hall–Kier alpha value is -3.56. The Labute approximate surface area is 196 Å². The molecule has 2 N–H and O–H groups in total. The summed E-state index contributed by atoms with van der Waals surface area (Å²) in [7, 11) is 3.68. The molecule has 2 amide bonds. The van der Waals surface area contributed by atoms with Crippen molar-refractivity contribution in [2.24, 2.45) is 0 Å². The molecule has 0 aliphatic carbocycles. The Bertz CT molecular complexity index is 1280. The average molecular weight is 463 g/mol. The van der Waals surface area contributed by atoms with Crippen LogP contribution in [0.25, 0.3) is 11.0 Å². The number of nitrogens with one attached hydrogen (secondary N) is 2. The molecule has 0 atom stereocenters. The van der Waals surface area contributed by atoms with Crippen molar-refractivity contribution < 1.29 is 9.59 Å². The van der Waals surface area contributed by atoms with E-state index in [1.54, 1.807) is 28.5 Å². The summed E-state index contributed by atoms with van der Waals surface area (Å²) in [5.41, 5.74) is 3.59. The van der Waals surface area contributed by atoms with E-state index in [2.05, 4.69) is 26.8 Å². The van der Waals surface area contributed by atoms with Crippen molar-refractivity contribution in [3.05, 3.63) is 75.7 Å². The minimum atomic E-state index is -0.191. The average Bonchev–Trinajstić information content (AvgIpc) is 3.42. The van der Waals surface area contributed by atoms with Crippen LogP contribution >= 0.6 is 11.3 Å². The summed E-state index contributed by atoms with van der Waals surface area (Å²) in [6.07, 6.45) is 1.70. The van der Waals surface area contributed by atoms with Gasteiger partial charge in [0.1, 0.15) is 0 Å². The van der Waals surface area contributed by atoms with Gasteiger partial charge in [0.15, 0.2) is 5.65 Å². The first-order valence-corrected chi connectivity index (χ1v) is 11.4. The SMILES string of the molecule is Cc1cc(C(=O)NCc2cccc(NC(=O)CN(C)C)c2)c2cnn(Cc3cccs3)c2n1. The number of carbonyl (C=O) groups excluding carboxylic acids is 2. The summed E-state index contributed by atoms with van der Waals surface area (Å²) in [6, 6.07) is 13.3. The van der Waals surface area contributed by atoms with Crippen molar-refractivity contribution in [3.8, 4) is 0 Å². The molecule has 0 aliphatic heterocycles. The zero-order valence-corrected chi connectivity index (χ0v) is 19.6. The van der Waals surface area contributed by atoms with Crippen molar-refractivity contribution in [2.75, 3.05) is 26.0 Å². The number of fused-ring (bicyclic) bond motifs is 1. The molecule has 0 saturated heterocycles. The molecule has 8 nitrogen and oxygen atoms in total. The molecular formula is C24H26N6O2S. The highest BCUT2D eigenvalue weighted by molar-refractivity contribution is 7.09. The largest absolute Gasteiger partial charge is 0.348 e. The molecular weight excluding hydrogens is 436 g/mol. The third-order valence-corrected chi connectivity index (χ3v) is 5.85. The van der Waals surface area contributed by atoms with Crippen molar-refractivity contribution >= 4 is 39.9 Å². The Morgan fingerprint density at radius 2 is 2.00 bits per heavy atom. The fourth-order valence-electron chi connectivity index (χ4n) is 3.55. The van der Waals surface area contributed by atoms with Gasteiger partial charge in [0.25, 0.3) is 5.91 Å². The lowest BCUT2D eigenvalue weighted by Crippen LogP contribution is -2.27. The first-order chi connectivity index (χ1) is 15.9. The number of benzene rings is 1. The van der Waals surface area contributed by atoms with Crippen LogP contribution in [0.3, 0.4) is 0 Å². The molecule has 33 heavy (non-hydrogen) atoms. The lowest BCUT2D eigenvalue weighted by atomic mass is 10.1. The third kappa shape index (κ3) is 5.63. The van der Waals surface area contributed by atoms with Gasteiger partial charge >= 0.3 is 0 Å². The molecule has 0 bridgehead atoms. The zero-order chi connectivity index (χ0) is 23.4. The molecule has 0 radical (unpaired) electrons. The second-order valence-corrected chi connectivity index (χ2v) is 9.13. The number of nitrogens with zero attached hydrogens (tertiary/aromatic N) is 4. The van der Waals surface area contributed by atoms with Gasteiger partial charge < -0.3 is 15.5 Å². The first kappa shape index (κ1) is 22.6. The number of aryl methyl sites for hydroxylation is 1. The fourth-order valence-corrected chi connectivity index (χ4v) is 4.24. The van der Waals surface area contributed by atoms with Gasteiger partial charge in [-0.2, -0.15) is 5.10 Å². The Morgan fingerprint density at radius 3 is 2.76 bits per heavy atom. The van der Waals surface area contributed by atoms with Crippen LogP contribution in [-0.4, -0.2) is 52.1 Å². The number of thiophene rings is 1. The van der Waals surface area contributed by atoms with Crippen LogP contribution in [0, 0.1) is 6.92 Å². The van der Waals surface area contributed by atoms with E-state index in [0.29, 0.717) is 36.5 Å². The Kier molecular flexibility index (Phi) is 6.81. The Balaban J connectivity index is 1.48. The molecule has 3 aromatic heterocycles. The normalized spacial score (nSPS) is 11.2. The van der Waals surface area contributed by atoms with Crippen LogP contribution in [-0.2, 0) is 17.9 Å². The quantitative estimate of drug-likeness (QED) is 0.419. The van der Waals surface area contributed by atoms with Crippen molar-refractivity contribution in [3.63, 3.8) is 0 Å². The van der Waals surface area contributed by atoms with Crippen LogP contribution in [0.2, 0.25) is 0 Å². The Morgan fingerprint density at radius 1 is 1.15 bits per heavy atom. The summed E-state index contributed by atoms with van der Waals surface area (Å²) in [5.74, 6) is -0.279. The predicted molar refractivity (Wildman–Crippen MR) is 130 cm³/mol. The number of amides is 2. The number of rotatable bonds is 8. The molecule has 0 spiro atoms. The maximum atomic E-state index is 13.0. The second-order valence-electron chi connectivity index (χ2n) is 8.10. The number of carbonyl (C=O) groups is 2. The number of anilines is 1. The highest BCUT2D eigenvalue weighted by Crippen LogP contribution is 2.21. The van der Waals surface area contributed by atoms with Gasteiger partial charge in [-0.25, -0.2) is 9.67 Å². The van der Waals surface area contributed by atoms with Crippen LogP contribution in [0.5, 0.6) is 0 Å². The van der Waals surface area contributed by atoms with Crippen molar-refractivity contribution in [1.29, 1.82) is 0 Å². The molecule has 0 unspecified atom stereocenters. The number of hydrogen-bond donors (Lipinski definition) is 2. The summed E-state index contributed by atoms with van der Waals surface area (Å²) >= 11 is 1.66. The lowest BCUT2D eigenvalue weighted by molar-refractivity contribution is -0.116. The predicted octanol–water partition coefficient (Wildman–Crippen LogP) is 3.28. The van der Waals surface area contributed by atoms with Gasteiger partial charge in [0.2, 0.25) is 5.91 Å². The monoisotopic (exact) mass is 462 g/mol. The minimum absolute atomic E-state index is 0.0876. The summed E-state index contributed by atoms with van der Waals surface area (Å²) < 4.78 is 1.82. The highest BCUT2D eigenvalue weighted by atomic mass is 32.1. The topological polar surface area (TPSA) is 92.2 Å². The third-order valence-electron chi connectivity index (χ3n) is 4.99. The first-order valence-electron chi connectivity index (χ1n) is 10.6.